The van der Waals surface area contributed by atoms with Gasteiger partial charge in [0.25, 0.3) is 0 Å². The molecule has 4 aromatic rings. The van der Waals surface area contributed by atoms with Gasteiger partial charge in [-0.05, 0) is 54.8 Å². The number of para-hydroxylation sites is 1. The average Bonchev–Trinajstić information content (AvgIpc) is 3.09. The number of phosphoric ester groups is 1. The zero-order chi connectivity index (χ0) is 33.9. The van der Waals surface area contributed by atoms with Gasteiger partial charge in [0, 0.05) is 30.2 Å². The smallest absolute Gasteiger partial charge is 0.491 e. The van der Waals surface area contributed by atoms with E-state index in [0.717, 1.165) is 28.6 Å². The molecular weight excluding hydrogens is 621 g/mol. The largest absolute Gasteiger partial charge is 0.527 e. The Bertz CT molecular complexity index is 1540. The van der Waals surface area contributed by atoms with Crippen molar-refractivity contribution in [2.24, 2.45) is 0 Å². The van der Waals surface area contributed by atoms with Crippen LogP contribution in [0.25, 0.3) is 10.9 Å². The summed E-state index contributed by atoms with van der Waals surface area (Å²) in [5.41, 5.74) is 3.28. The number of methoxy groups -OCH3 is 1. The van der Waals surface area contributed by atoms with E-state index in [1.165, 1.54) is 89.7 Å². The molecule has 0 saturated heterocycles. The summed E-state index contributed by atoms with van der Waals surface area (Å²) in [7, 11) is -2.87. The van der Waals surface area contributed by atoms with Crippen LogP contribution in [0.5, 0.6) is 11.5 Å². The number of aryl methyl sites for hydroxylation is 1. The van der Waals surface area contributed by atoms with Crippen molar-refractivity contribution in [3.8, 4) is 11.5 Å². The van der Waals surface area contributed by atoms with Crippen molar-refractivity contribution in [1.29, 1.82) is 0 Å². The number of aromatic nitrogens is 1. The van der Waals surface area contributed by atoms with Crippen molar-refractivity contribution in [2.45, 2.75) is 103 Å². The first-order valence-corrected chi connectivity index (χ1v) is 19.3. The Morgan fingerprint density at radius 1 is 0.708 bits per heavy atom. The Morgan fingerprint density at radius 2 is 1.33 bits per heavy atom. The third kappa shape index (κ3) is 13.7. The lowest BCUT2D eigenvalue weighted by molar-refractivity contribution is -0.662. The van der Waals surface area contributed by atoms with Crippen molar-refractivity contribution >= 4 is 18.7 Å². The highest BCUT2D eigenvalue weighted by atomic mass is 31.2. The first-order chi connectivity index (χ1) is 23.5. The Hall–Kier alpha value is -3.22. The van der Waals surface area contributed by atoms with Crippen LogP contribution in [-0.4, -0.2) is 31.3 Å². The number of fused-ring (bicyclic) bond motifs is 1. The molecule has 0 bridgehead atoms. The van der Waals surface area contributed by atoms with Gasteiger partial charge in [-0.25, -0.2) is 4.57 Å². The Balaban J connectivity index is 1.15. The molecule has 1 heterocycles. The highest BCUT2D eigenvalue weighted by molar-refractivity contribution is 7.47. The standard InChI is InChI=1S/C40H54NO6P/c1-3-4-5-6-7-8-9-10-11-12-13-14-20-34-21-17-25-37(29-34)45-32-39(44-2)33-46-48(42,43)47-38-26-18-22-35(30-38)31-41-28-19-24-36-23-15-16-27-40(36)41/h15-19,21-30,39H,3-14,20,31-33H2,1-2H3/p+1. The summed E-state index contributed by atoms with van der Waals surface area (Å²) in [6.07, 6.45) is 18.6. The van der Waals surface area contributed by atoms with E-state index in [0.29, 0.717) is 6.54 Å². The molecule has 0 fully saturated rings. The number of phosphoric acid groups is 1. The highest BCUT2D eigenvalue weighted by Gasteiger charge is 2.26. The molecule has 0 spiro atoms. The number of pyridine rings is 1. The number of unbranched alkanes of at least 4 members (excludes halogenated alkanes) is 11. The van der Waals surface area contributed by atoms with E-state index in [9.17, 15) is 9.46 Å². The second-order valence-corrected chi connectivity index (χ2v) is 14.0. The predicted molar refractivity (Wildman–Crippen MR) is 194 cm³/mol. The van der Waals surface area contributed by atoms with Crippen LogP contribution >= 0.6 is 7.82 Å². The van der Waals surface area contributed by atoms with Gasteiger partial charge in [-0.2, -0.15) is 4.57 Å². The first-order valence-electron chi connectivity index (χ1n) is 17.8. The van der Waals surface area contributed by atoms with Crippen LogP contribution in [0.2, 0.25) is 0 Å². The number of hydrogen-bond acceptors (Lipinski definition) is 5. The number of hydrogen-bond donors (Lipinski definition) is 1. The zero-order valence-corrected chi connectivity index (χ0v) is 29.8. The molecule has 0 aliphatic carbocycles. The molecule has 0 amide bonds. The minimum absolute atomic E-state index is 0.158. The average molecular weight is 677 g/mol. The van der Waals surface area contributed by atoms with Gasteiger partial charge in [0.05, 0.1) is 6.61 Å². The van der Waals surface area contributed by atoms with Crippen LogP contribution in [0.15, 0.2) is 91.1 Å². The lowest BCUT2D eigenvalue weighted by Crippen LogP contribution is -2.34. The van der Waals surface area contributed by atoms with Gasteiger partial charge in [-0.15, -0.1) is 0 Å². The summed E-state index contributed by atoms with van der Waals surface area (Å²) < 4.78 is 37.2. The minimum atomic E-state index is -4.40. The number of nitrogens with zero attached hydrogens (tertiary/aromatic N) is 1. The predicted octanol–water partition coefficient (Wildman–Crippen LogP) is 10.0. The van der Waals surface area contributed by atoms with E-state index in [4.69, 9.17) is 18.5 Å². The molecule has 0 saturated carbocycles. The van der Waals surface area contributed by atoms with E-state index in [-0.39, 0.29) is 19.0 Å². The maximum Gasteiger partial charge on any atom is 0.527 e. The van der Waals surface area contributed by atoms with Gasteiger partial charge < -0.3 is 14.0 Å². The van der Waals surface area contributed by atoms with Crippen molar-refractivity contribution < 1.29 is 32.5 Å². The van der Waals surface area contributed by atoms with Crippen molar-refractivity contribution in [2.75, 3.05) is 20.3 Å². The molecule has 3 aromatic carbocycles. The summed E-state index contributed by atoms with van der Waals surface area (Å²) in [4.78, 5) is 10.5. The fourth-order valence-electron chi connectivity index (χ4n) is 5.93. The molecule has 2 atom stereocenters. The lowest BCUT2D eigenvalue weighted by Gasteiger charge is -2.19. The molecule has 48 heavy (non-hydrogen) atoms. The van der Waals surface area contributed by atoms with Crippen LogP contribution in [0.1, 0.15) is 95.1 Å². The Morgan fingerprint density at radius 3 is 2.06 bits per heavy atom. The fraction of sp³-hybridized carbons (Fsp3) is 0.475. The Kier molecular flexibility index (Phi) is 16.4. The maximum absolute atomic E-state index is 12.8. The number of benzene rings is 3. The molecule has 0 radical (unpaired) electrons. The summed E-state index contributed by atoms with van der Waals surface area (Å²) in [6.45, 7) is 2.87. The zero-order valence-electron chi connectivity index (χ0n) is 28.9. The highest BCUT2D eigenvalue weighted by Crippen LogP contribution is 2.44. The van der Waals surface area contributed by atoms with Crippen LogP contribution in [0.4, 0.5) is 0 Å². The molecule has 1 N–H and O–H groups in total. The van der Waals surface area contributed by atoms with E-state index in [1.807, 2.05) is 42.6 Å². The minimum Gasteiger partial charge on any atom is -0.491 e. The van der Waals surface area contributed by atoms with E-state index in [2.05, 4.69) is 41.8 Å². The molecule has 1 aromatic heterocycles. The van der Waals surface area contributed by atoms with Gasteiger partial charge in [-0.1, -0.05) is 114 Å². The third-order valence-electron chi connectivity index (χ3n) is 8.67. The van der Waals surface area contributed by atoms with Gasteiger partial charge in [-0.3, -0.25) is 9.42 Å². The second-order valence-electron chi connectivity index (χ2n) is 12.7. The molecule has 4 rings (SSSR count). The van der Waals surface area contributed by atoms with Crippen LogP contribution in [-0.2, 0) is 26.8 Å². The number of rotatable bonds is 24. The van der Waals surface area contributed by atoms with Gasteiger partial charge in [0.1, 0.15) is 24.2 Å². The van der Waals surface area contributed by atoms with Gasteiger partial charge >= 0.3 is 7.82 Å². The maximum atomic E-state index is 12.8. The molecule has 260 valence electrons. The quantitative estimate of drug-likeness (QED) is 0.0452. The van der Waals surface area contributed by atoms with Crippen molar-refractivity contribution in [1.82, 2.24) is 0 Å². The summed E-state index contributed by atoms with van der Waals surface area (Å²) in [6, 6.07) is 27.5. The van der Waals surface area contributed by atoms with E-state index in [1.54, 1.807) is 18.2 Å². The van der Waals surface area contributed by atoms with Crippen molar-refractivity contribution in [3.63, 3.8) is 0 Å². The fourth-order valence-corrected chi connectivity index (χ4v) is 6.71. The molecule has 2 unspecified atom stereocenters. The second kappa shape index (κ2) is 21.0. The molecule has 8 heteroatoms. The van der Waals surface area contributed by atoms with Crippen LogP contribution in [0.3, 0.4) is 0 Å². The van der Waals surface area contributed by atoms with Crippen molar-refractivity contribution in [3.05, 3.63) is 102 Å². The van der Waals surface area contributed by atoms with E-state index >= 15 is 0 Å². The molecule has 0 aliphatic rings. The summed E-state index contributed by atoms with van der Waals surface area (Å²) >= 11 is 0. The molecule has 7 nitrogen and oxygen atoms in total. The van der Waals surface area contributed by atoms with E-state index < -0.39 is 13.9 Å². The third-order valence-corrected chi connectivity index (χ3v) is 9.59. The first kappa shape index (κ1) is 37.6. The van der Waals surface area contributed by atoms with Gasteiger partial charge in [0.2, 0.25) is 5.52 Å². The SMILES string of the molecule is CCCCCCCCCCCCCCc1cccc(OCC(COP(=O)(O)Oc2cccc(C[n+]3cccc4ccccc43)c2)OC)c1. The molecule has 0 aliphatic heterocycles. The van der Waals surface area contributed by atoms with Crippen LogP contribution in [0, 0.1) is 0 Å². The summed E-state index contributed by atoms with van der Waals surface area (Å²) in [5, 5.41) is 1.14. The Labute approximate surface area is 287 Å². The molecular formula is C40H55NO6P+. The normalized spacial score (nSPS) is 13.3. The lowest BCUT2D eigenvalue weighted by atomic mass is 10.0. The monoisotopic (exact) mass is 676 g/mol. The number of ether oxygens (including phenoxy) is 2. The van der Waals surface area contributed by atoms with Crippen LogP contribution < -0.4 is 13.8 Å². The van der Waals surface area contributed by atoms with Gasteiger partial charge in [0.15, 0.2) is 12.7 Å². The summed E-state index contributed by atoms with van der Waals surface area (Å²) in [5.74, 6) is 1.01. The topological polar surface area (TPSA) is 78.1 Å².